The van der Waals surface area contributed by atoms with E-state index in [1.54, 1.807) is 19.2 Å². The van der Waals surface area contributed by atoms with E-state index in [4.69, 9.17) is 0 Å². The van der Waals surface area contributed by atoms with Gasteiger partial charge in [-0.1, -0.05) is 29.0 Å². The van der Waals surface area contributed by atoms with Gasteiger partial charge in [-0.05, 0) is 16.4 Å². The van der Waals surface area contributed by atoms with Crippen LogP contribution in [-0.2, 0) is 9.59 Å². The lowest BCUT2D eigenvalue weighted by molar-refractivity contribution is -0.168. The van der Waals surface area contributed by atoms with Gasteiger partial charge in [0.2, 0.25) is 4.87 Å². The van der Waals surface area contributed by atoms with Gasteiger partial charge in [0.05, 0.1) is 18.8 Å². The Morgan fingerprint density at radius 3 is 2.86 bits per heavy atom. The molecule has 1 spiro atoms. The number of rotatable bonds is 1. The van der Waals surface area contributed by atoms with Crippen molar-refractivity contribution in [2.24, 2.45) is 0 Å². The second-order valence-electron chi connectivity index (χ2n) is 5.67. The van der Waals surface area contributed by atoms with E-state index in [2.05, 4.69) is 0 Å². The molecule has 2 amide bonds. The Morgan fingerprint density at radius 2 is 2.14 bits per heavy atom. The van der Waals surface area contributed by atoms with Crippen molar-refractivity contribution in [3.63, 3.8) is 0 Å². The summed E-state index contributed by atoms with van der Waals surface area (Å²) in [5.74, 6) is -0.471. The Morgan fingerprint density at radius 1 is 1.38 bits per heavy atom. The van der Waals surface area contributed by atoms with E-state index >= 15 is 0 Å². The highest BCUT2D eigenvalue weighted by molar-refractivity contribution is 8.78. The first-order chi connectivity index (χ1) is 9.98. The highest BCUT2D eigenvalue weighted by Crippen LogP contribution is 2.64. The number of fused-ring (bicyclic) bond motifs is 3. The average Bonchev–Trinajstić information content (AvgIpc) is 2.83. The van der Waals surface area contributed by atoms with Crippen LogP contribution in [0.4, 0.5) is 0 Å². The van der Waals surface area contributed by atoms with Crippen molar-refractivity contribution in [3.8, 4) is 0 Å². The maximum absolute atomic E-state index is 12.9. The topological polar surface area (TPSA) is 81.1 Å². The van der Waals surface area contributed by atoms with Crippen LogP contribution in [0.15, 0.2) is 23.8 Å². The molecule has 112 valence electrons. The fraction of sp³-hybridized carbons (Fsp3) is 0.538. The molecule has 4 fully saturated rings. The summed E-state index contributed by atoms with van der Waals surface area (Å²) in [7, 11) is 4.14. The second-order valence-corrected chi connectivity index (χ2v) is 8.36. The van der Waals surface area contributed by atoms with Gasteiger partial charge in [-0.3, -0.25) is 9.59 Å². The van der Waals surface area contributed by atoms with Gasteiger partial charge in [-0.25, -0.2) is 0 Å². The minimum atomic E-state index is -1.28. The van der Waals surface area contributed by atoms with E-state index in [1.165, 1.54) is 31.4 Å². The normalized spacial score (nSPS) is 44.0. The van der Waals surface area contributed by atoms with Crippen LogP contribution in [0.25, 0.3) is 0 Å². The zero-order valence-electron chi connectivity index (χ0n) is 11.2. The lowest BCUT2D eigenvalue weighted by atomic mass is 9.97. The van der Waals surface area contributed by atoms with Gasteiger partial charge in [-0.2, -0.15) is 0 Å². The summed E-state index contributed by atoms with van der Waals surface area (Å²) >= 11 is 0. The molecule has 4 aliphatic heterocycles. The number of nitrogens with zero attached hydrogens (tertiary/aromatic N) is 2. The number of hydrogen-bond donors (Lipinski definition) is 2. The monoisotopic (exact) mass is 326 g/mol. The zero-order valence-corrected chi connectivity index (χ0v) is 12.9. The van der Waals surface area contributed by atoms with Gasteiger partial charge >= 0.3 is 0 Å². The molecule has 5 aliphatic rings. The Hall–Kier alpha value is -0.960. The molecule has 2 unspecified atom stereocenters. The summed E-state index contributed by atoms with van der Waals surface area (Å²) in [6, 6.07) is -0.500. The van der Waals surface area contributed by atoms with Crippen LogP contribution in [0, 0.1) is 0 Å². The number of likely N-dealkylation sites (N-methyl/N-ethyl adjacent to an activating group) is 1. The second kappa shape index (κ2) is 4.07. The van der Waals surface area contributed by atoms with Crippen LogP contribution in [0.2, 0.25) is 0 Å². The van der Waals surface area contributed by atoms with Crippen molar-refractivity contribution in [1.29, 1.82) is 0 Å². The maximum Gasteiger partial charge on any atom is 0.264 e. The van der Waals surface area contributed by atoms with Gasteiger partial charge in [0.15, 0.2) is 4.87 Å². The van der Waals surface area contributed by atoms with Gasteiger partial charge < -0.3 is 20.0 Å². The molecule has 4 saturated heterocycles. The Kier molecular flexibility index (Phi) is 2.65. The van der Waals surface area contributed by atoms with Crippen molar-refractivity contribution in [2.75, 3.05) is 13.7 Å². The summed E-state index contributed by atoms with van der Waals surface area (Å²) in [6.45, 7) is -0.435. The van der Waals surface area contributed by atoms with Crippen molar-refractivity contribution in [1.82, 2.24) is 9.80 Å². The fourth-order valence-corrected chi connectivity index (χ4v) is 7.12. The average molecular weight is 326 g/mol. The van der Waals surface area contributed by atoms with Crippen LogP contribution >= 0.6 is 21.6 Å². The third-order valence-electron chi connectivity index (χ3n) is 4.70. The summed E-state index contributed by atoms with van der Waals surface area (Å²) in [4.78, 5) is 26.4. The molecule has 4 atom stereocenters. The summed E-state index contributed by atoms with van der Waals surface area (Å²) in [6.07, 6.45) is 4.87. The Bertz CT molecular complexity index is 621. The third-order valence-corrected chi connectivity index (χ3v) is 8.33. The van der Waals surface area contributed by atoms with Crippen molar-refractivity contribution < 1.29 is 19.8 Å². The fourth-order valence-electron chi connectivity index (χ4n) is 3.55. The highest BCUT2D eigenvalue weighted by Gasteiger charge is 2.73. The molecule has 1 aliphatic carbocycles. The van der Waals surface area contributed by atoms with E-state index in [0.717, 1.165) is 5.57 Å². The number of carbonyl (C=O) groups is 2. The molecule has 2 N–H and O–H groups in total. The predicted octanol–water partition coefficient (Wildman–Crippen LogP) is -0.304. The molecule has 2 bridgehead atoms. The highest BCUT2D eigenvalue weighted by atomic mass is 33.1. The van der Waals surface area contributed by atoms with Crippen molar-refractivity contribution in [2.45, 2.75) is 28.3 Å². The predicted molar refractivity (Wildman–Crippen MR) is 79.0 cm³/mol. The minimum Gasteiger partial charge on any atom is -0.392 e. The standard InChI is InChI=1S/C13H14N2O4S2/c1-14-10(18)12-5-7-3-2-4-8(17)9(7)15(12)11(19)13(14,6-16)21-20-12/h2-4,8-9,16-17H,5-6H2,1H3/t8-,9?,12-,13?/m0/s1. The smallest absolute Gasteiger partial charge is 0.264 e. The summed E-state index contributed by atoms with van der Waals surface area (Å²) in [5, 5.41) is 20.0. The number of carbonyl (C=O) groups excluding carboxylic acids is 2. The molecule has 0 radical (unpaired) electrons. The molecule has 0 aromatic heterocycles. The largest absolute Gasteiger partial charge is 0.392 e. The van der Waals surface area contributed by atoms with E-state index in [-0.39, 0.29) is 11.8 Å². The first-order valence-corrected chi connectivity index (χ1v) is 8.78. The number of aliphatic hydroxyl groups is 2. The Balaban J connectivity index is 1.90. The SMILES string of the molecule is CN1C(=O)[C@@]23CC4=CC=C[C@H](O)C4N2C(=O)C1(CO)SS3. The first-order valence-electron chi connectivity index (χ1n) is 6.63. The van der Waals surface area contributed by atoms with E-state index in [1.807, 2.05) is 6.08 Å². The maximum atomic E-state index is 12.9. The van der Waals surface area contributed by atoms with Crippen LogP contribution < -0.4 is 0 Å². The van der Waals surface area contributed by atoms with Crippen molar-refractivity contribution >= 4 is 33.4 Å². The molecular formula is C13H14N2O4S2. The van der Waals surface area contributed by atoms with Crippen LogP contribution in [-0.4, -0.2) is 67.4 Å². The van der Waals surface area contributed by atoms with E-state index in [0.29, 0.717) is 6.42 Å². The number of allylic oxidation sites excluding steroid dienone is 2. The number of piperazine rings is 1. The lowest BCUT2D eigenvalue weighted by Crippen LogP contribution is -2.77. The van der Waals surface area contributed by atoms with Crippen molar-refractivity contribution in [3.05, 3.63) is 23.8 Å². The molecule has 21 heavy (non-hydrogen) atoms. The number of aliphatic hydroxyl groups excluding tert-OH is 2. The minimum absolute atomic E-state index is 0.178. The van der Waals surface area contributed by atoms with Gasteiger partial charge in [0.25, 0.3) is 11.8 Å². The van der Waals surface area contributed by atoms with Gasteiger partial charge in [-0.15, -0.1) is 0 Å². The van der Waals surface area contributed by atoms with Crippen LogP contribution in [0.5, 0.6) is 0 Å². The van der Waals surface area contributed by atoms with Gasteiger partial charge in [0.1, 0.15) is 0 Å². The molecule has 8 heteroatoms. The molecule has 5 rings (SSSR count). The van der Waals surface area contributed by atoms with E-state index < -0.39 is 28.5 Å². The molecule has 0 saturated carbocycles. The van der Waals surface area contributed by atoms with E-state index in [9.17, 15) is 19.8 Å². The molecule has 4 heterocycles. The zero-order chi connectivity index (χ0) is 15.0. The first kappa shape index (κ1) is 13.7. The summed E-state index contributed by atoms with van der Waals surface area (Å²) in [5.41, 5.74) is 0.892. The lowest BCUT2D eigenvalue weighted by Gasteiger charge is -2.58. The molecule has 0 aromatic carbocycles. The third kappa shape index (κ3) is 1.35. The number of hydrogen-bond acceptors (Lipinski definition) is 6. The summed E-state index contributed by atoms with van der Waals surface area (Å²) < 4.78 is 0. The van der Waals surface area contributed by atoms with Crippen LogP contribution in [0.1, 0.15) is 6.42 Å². The van der Waals surface area contributed by atoms with Gasteiger partial charge in [0, 0.05) is 13.5 Å². The number of amides is 2. The quantitative estimate of drug-likeness (QED) is 0.644. The molecular weight excluding hydrogens is 312 g/mol. The molecule has 6 nitrogen and oxygen atoms in total. The molecule has 0 aromatic rings. The Labute approximate surface area is 129 Å². The van der Waals surface area contributed by atoms with Crippen LogP contribution in [0.3, 0.4) is 0 Å².